The first kappa shape index (κ1) is 13.7. The summed E-state index contributed by atoms with van der Waals surface area (Å²) in [4.78, 5) is 2.47. The molecular formula is C14H20LiN. The average Bonchev–Trinajstić information content (AvgIpc) is 2.30. The maximum absolute atomic E-state index is 3.36. The summed E-state index contributed by atoms with van der Waals surface area (Å²) < 4.78 is 0. The van der Waals surface area contributed by atoms with Crippen LogP contribution in [0.25, 0.3) is 0 Å². The van der Waals surface area contributed by atoms with Gasteiger partial charge in [0.25, 0.3) is 0 Å². The van der Waals surface area contributed by atoms with Crippen molar-refractivity contribution in [2.45, 2.75) is 39.0 Å². The first-order valence-electron chi connectivity index (χ1n) is 6.04. The Morgan fingerprint density at radius 2 is 1.88 bits per heavy atom. The van der Waals surface area contributed by atoms with Crippen molar-refractivity contribution in [3.63, 3.8) is 0 Å². The van der Waals surface area contributed by atoms with Gasteiger partial charge in [-0.25, -0.2) is 0 Å². The molecule has 1 fully saturated rings. The molecule has 0 aromatic heterocycles. The van der Waals surface area contributed by atoms with E-state index in [2.05, 4.69) is 43.0 Å². The number of anilines is 1. The summed E-state index contributed by atoms with van der Waals surface area (Å²) in [5.74, 6) is 0.614. The van der Waals surface area contributed by atoms with Gasteiger partial charge in [0.2, 0.25) is 0 Å². The van der Waals surface area contributed by atoms with Crippen LogP contribution in [0.5, 0.6) is 0 Å². The van der Waals surface area contributed by atoms with Crippen molar-refractivity contribution in [1.29, 1.82) is 0 Å². The summed E-state index contributed by atoms with van der Waals surface area (Å²) in [5.41, 5.74) is 2.72. The second-order valence-electron chi connectivity index (χ2n) is 4.71. The molecule has 0 spiro atoms. The second kappa shape index (κ2) is 6.38. The number of hydrogen-bond acceptors (Lipinski definition) is 1. The quantitative estimate of drug-likeness (QED) is 0.509. The van der Waals surface area contributed by atoms with Gasteiger partial charge in [-0.2, -0.15) is 23.8 Å². The van der Waals surface area contributed by atoms with E-state index in [1.165, 1.54) is 43.6 Å². The Balaban J connectivity index is 0.00000128. The predicted molar refractivity (Wildman–Crippen MR) is 65.4 cm³/mol. The van der Waals surface area contributed by atoms with Crippen molar-refractivity contribution in [2.75, 3.05) is 18.0 Å². The zero-order valence-corrected chi connectivity index (χ0v) is 10.8. The SMILES string of the molecule is CC(C)c1cc[c-]c(N2CCCCC2)c1.[Li+]. The van der Waals surface area contributed by atoms with E-state index in [4.69, 9.17) is 0 Å². The molecule has 2 rings (SSSR count). The molecule has 0 unspecified atom stereocenters. The maximum Gasteiger partial charge on any atom is 1.00 e. The van der Waals surface area contributed by atoms with Crippen LogP contribution in [0, 0.1) is 6.07 Å². The molecule has 0 aliphatic carbocycles. The molecule has 1 nitrogen and oxygen atoms in total. The molecule has 0 bridgehead atoms. The van der Waals surface area contributed by atoms with Crippen molar-refractivity contribution in [2.24, 2.45) is 0 Å². The first-order chi connectivity index (χ1) is 7.27. The van der Waals surface area contributed by atoms with E-state index in [-0.39, 0.29) is 18.9 Å². The van der Waals surface area contributed by atoms with E-state index in [1.807, 2.05) is 0 Å². The Kier molecular flexibility index (Phi) is 5.45. The van der Waals surface area contributed by atoms with Crippen LogP contribution in [0.15, 0.2) is 18.2 Å². The van der Waals surface area contributed by atoms with Gasteiger partial charge in [-0.1, -0.05) is 19.5 Å². The molecule has 0 N–H and O–H groups in total. The third-order valence-corrected chi connectivity index (χ3v) is 3.17. The van der Waals surface area contributed by atoms with E-state index < -0.39 is 0 Å². The normalized spacial score (nSPS) is 16.1. The summed E-state index contributed by atoms with van der Waals surface area (Å²) in [6.45, 7) is 6.90. The average molecular weight is 209 g/mol. The summed E-state index contributed by atoms with van der Waals surface area (Å²) in [7, 11) is 0. The molecule has 0 atom stereocenters. The van der Waals surface area contributed by atoms with E-state index in [9.17, 15) is 0 Å². The number of hydrogen-bond donors (Lipinski definition) is 0. The molecule has 0 radical (unpaired) electrons. The first-order valence-corrected chi connectivity index (χ1v) is 6.04. The predicted octanol–water partition coefficient (Wildman–Crippen LogP) is 0.604. The Labute approximate surface area is 111 Å². The molecule has 2 heteroatoms. The van der Waals surface area contributed by atoms with E-state index in [1.54, 1.807) is 0 Å². The van der Waals surface area contributed by atoms with Gasteiger partial charge in [-0.05, 0) is 25.2 Å². The van der Waals surface area contributed by atoms with Crippen molar-refractivity contribution in [3.05, 3.63) is 29.8 Å². The third kappa shape index (κ3) is 3.30. The monoisotopic (exact) mass is 209 g/mol. The standard InChI is InChI=1S/C14H20N.Li/c1-12(2)13-7-6-8-14(11-13)15-9-4-3-5-10-15;/h6-7,11-12H,3-5,9-10H2,1-2H3;/q-1;+1. The molecule has 1 aliphatic rings. The van der Waals surface area contributed by atoms with Gasteiger partial charge >= 0.3 is 18.9 Å². The van der Waals surface area contributed by atoms with Gasteiger partial charge < -0.3 is 4.90 Å². The maximum atomic E-state index is 3.36. The van der Waals surface area contributed by atoms with Crippen LogP contribution in [-0.2, 0) is 0 Å². The molecule has 1 saturated heterocycles. The van der Waals surface area contributed by atoms with Crippen molar-refractivity contribution >= 4 is 5.69 Å². The minimum atomic E-state index is 0. The zero-order valence-electron chi connectivity index (χ0n) is 10.8. The van der Waals surface area contributed by atoms with Crippen LogP contribution in [0.3, 0.4) is 0 Å². The fourth-order valence-electron chi connectivity index (χ4n) is 2.15. The molecule has 1 aromatic carbocycles. The van der Waals surface area contributed by atoms with Crippen molar-refractivity contribution < 1.29 is 18.9 Å². The summed E-state index contributed by atoms with van der Waals surface area (Å²) in [6, 6.07) is 9.91. The Morgan fingerprint density at radius 3 is 2.50 bits per heavy atom. The van der Waals surface area contributed by atoms with Gasteiger partial charge in [0.1, 0.15) is 0 Å². The van der Waals surface area contributed by atoms with Crippen LogP contribution < -0.4 is 23.8 Å². The molecule has 0 amide bonds. The second-order valence-corrected chi connectivity index (χ2v) is 4.71. The van der Waals surface area contributed by atoms with Crippen LogP contribution in [-0.4, -0.2) is 13.1 Å². The van der Waals surface area contributed by atoms with Crippen LogP contribution in [0.1, 0.15) is 44.6 Å². The molecule has 0 saturated carbocycles. The minimum absolute atomic E-state index is 0. The Bertz CT molecular complexity index is 316. The topological polar surface area (TPSA) is 3.24 Å². The van der Waals surface area contributed by atoms with Gasteiger partial charge in [0, 0.05) is 13.1 Å². The van der Waals surface area contributed by atoms with Crippen molar-refractivity contribution in [1.82, 2.24) is 0 Å². The number of rotatable bonds is 2. The summed E-state index contributed by atoms with van der Waals surface area (Å²) >= 11 is 0. The molecule has 1 aromatic rings. The molecule has 1 heterocycles. The van der Waals surface area contributed by atoms with Gasteiger partial charge in [-0.3, -0.25) is 0 Å². The smallest absolute Gasteiger partial charge is 0.394 e. The third-order valence-electron chi connectivity index (χ3n) is 3.17. The number of benzene rings is 1. The van der Waals surface area contributed by atoms with Gasteiger partial charge in [-0.15, -0.1) is 6.07 Å². The number of piperidine rings is 1. The molecule has 16 heavy (non-hydrogen) atoms. The van der Waals surface area contributed by atoms with Crippen molar-refractivity contribution in [3.8, 4) is 0 Å². The van der Waals surface area contributed by atoms with E-state index >= 15 is 0 Å². The fourth-order valence-corrected chi connectivity index (χ4v) is 2.15. The summed E-state index contributed by atoms with van der Waals surface area (Å²) in [5, 5.41) is 0. The Morgan fingerprint density at radius 1 is 1.19 bits per heavy atom. The minimum Gasteiger partial charge on any atom is -0.394 e. The van der Waals surface area contributed by atoms with Crippen LogP contribution in [0.4, 0.5) is 5.69 Å². The fraction of sp³-hybridized carbons (Fsp3) is 0.571. The molecule has 1 aliphatic heterocycles. The summed E-state index contributed by atoms with van der Waals surface area (Å²) in [6.07, 6.45) is 4.06. The van der Waals surface area contributed by atoms with Gasteiger partial charge in [0.05, 0.1) is 0 Å². The zero-order chi connectivity index (χ0) is 10.7. The van der Waals surface area contributed by atoms with Crippen LogP contribution >= 0.6 is 0 Å². The van der Waals surface area contributed by atoms with E-state index in [0.29, 0.717) is 5.92 Å². The number of nitrogens with zero attached hydrogens (tertiary/aromatic N) is 1. The van der Waals surface area contributed by atoms with E-state index in [0.717, 1.165) is 0 Å². The molecule has 82 valence electrons. The Hall–Kier alpha value is -0.383. The van der Waals surface area contributed by atoms with Gasteiger partial charge in [0.15, 0.2) is 0 Å². The largest absolute Gasteiger partial charge is 1.00 e. The molecular weight excluding hydrogens is 189 g/mol. The van der Waals surface area contributed by atoms with Crippen LogP contribution in [0.2, 0.25) is 0 Å².